The van der Waals surface area contributed by atoms with Crippen molar-refractivity contribution < 1.29 is 18.3 Å². The number of amides is 1. The summed E-state index contributed by atoms with van der Waals surface area (Å²) in [5, 5.41) is 0. The van der Waals surface area contributed by atoms with E-state index in [0.29, 0.717) is 19.5 Å². The molecule has 2 N–H and O–H groups in total. The van der Waals surface area contributed by atoms with E-state index in [1.807, 2.05) is 6.92 Å². The Balaban J connectivity index is 2.66. The molecule has 0 aromatic rings. The zero-order valence-corrected chi connectivity index (χ0v) is 13.0. The number of rotatable bonds is 2. The molecule has 6 heteroatoms. The van der Waals surface area contributed by atoms with Crippen LogP contribution in [-0.2, 0) is 4.74 Å². The molecule has 0 spiro atoms. The van der Waals surface area contributed by atoms with Crippen LogP contribution in [-0.4, -0.2) is 41.6 Å². The maximum Gasteiger partial charge on any atom is 0.410 e. The highest BCUT2D eigenvalue weighted by Crippen LogP contribution is 2.35. The van der Waals surface area contributed by atoms with E-state index < -0.39 is 23.7 Å². The molecule has 1 fully saturated rings. The number of carbonyl (C=O) groups is 1. The normalized spacial score (nSPS) is 27.4. The highest BCUT2D eigenvalue weighted by Gasteiger charge is 2.44. The lowest BCUT2D eigenvalue weighted by atomic mass is 9.74. The van der Waals surface area contributed by atoms with Crippen LogP contribution in [0.2, 0.25) is 0 Å². The lowest BCUT2D eigenvalue weighted by Gasteiger charge is -2.44. The lowest BCUT2D eigenvalue weighted by Crippen LogP contribution is -2.58. The van der Waals surface area contributed by atoms with E-state index in [-0.39, 0.29) is 11.8 Å². The number of carbonyl (C=O) groups excluding carboxylic acids is 1. The third-order valence-electron chi connectivity index (χ3n) is 3.83. The zero-order valence-electron chi connectivity index (χ0n) is 13.0. The van der Waals surface area contributed by atoms with Crippen molar-refractivity contribution in [3.8, 4) is 0 Å². The van der Waals surface area contributed by atoms with Gasteiger partial charge in [0.05, 0.1) is 5.54 Å². The summed E-state index contributed by atoms with van der Waals surface area (Å²) in [6.07, 6.45) is -2.49. The molecule has 0 bridgehead atoms. The van der Waals surface area contributed by atoms with Gasteiger partial charge >= 0.3 is 6.09 Å². The fraction of sp³-hybridized carbons (Fsp3) is 0.929. The van der Waals surface area contributed by atoms with Gasteiger partial charge in [0.1, 0.15) is 5.60 Å². The predicted molar refractivity (Wildman–Crippen MR) is 73.7 cm³/mol. The van der Waals surface area contributed by atoms with Gasteiger partial charge in [0.25, 0.3) is 6.43 Å². The Morgan fingerprint density at radius 2 is 1.90 bits per heavy atom. The summed E-state index contributed by atoms with van der Waals surface area (Å²) < 4.78 is 31.3. The Morgan fingerprint density at radius 1 is 1.35 bits per heavy atom. The molecule has 0 aromatic heterocycles. The van der Waals surface area contributed by atoms with Crippen molar-refractivity contribution in [3.05, 3.63) is 0 Å². The molecule has 1 saturated heterocycles. The monoisotopic (exact) mass is 292 g/mol. The molecule has 4 nitrogen and oxygen atoms in total. The van der Waals surface area contributed by atoms with Crippen LogP contribution in [0.3, 0.4) is 0 Å². The quantitative estimate of drug-likeness (QED) is 0.851. The van der Waals surface area contributed by atoms with Gasteiger partial charge in [0, 0.05) is 13.1 Å². The smallest absolute Gasteiger partial charge is 0.410 e. The zero-order chi connectivity index (χ0) is 15.7. The van der Waals surface area contributed by atoms with Crippen molar-refractivity contribution in [2.75, 3.05) is 13.1 Å². The fourth-order valence-corrected chi connectivity index (χ4v) is 2.72. The first-order valence-electron chi connectivity index (χ1n) is 7.00. The molecule has 0 aromatic carbocycles. The second kappa shape index (κ2) is 5.84. The number of piperidine rings is 1. The van der Waals surface area contributed by atoms with E-state index in [1.54, 1.807) is 25.7 Å². The first-order valence-corrected chi connectivity index (χ1v) is 7.00. The number of alkyl halides is 2. The Labute approximate surface area is 119 Å². The topological polar surface area (TPSA) is 55.6 Å². The first-order chi connectivity index (χ1) is 8.95. The van der Waals surface area contributed by atoms with Crippen LogP contribution in [0.25, 0.3) is 0 Å². The van der Waals surface area contributed by atoms with Crippen molar-refractivity contribution in [1.29, 1.82) is 0 Å². The molecule has 0 aliphatic carbocycles. The number of ether oxygens (including phenoxy) is 1. The average Bonchev–Trinajstić information content (AvgIpc) is 2.25. The van der Waals surface area contributed by atoms with E-state index in [2.05, 4.69) is 0 Å². The van der Waals surface area contributed by atoms with E-state index in [1.165, 1.54) is 6.92 Å². The number of likely N-dealkylation sites (tertiary alicyclic amines) is 1. The standard InChI is InChI=1S/C14H26F2N2O2/c1-9-8-18(12(19)20-13(2,3)4)7-6-10(9)14(5,17)11(15)16/h9-11H,6-8,17H2,1-5H3. The molecular weight excluding hydrogens is 266 g/mol. The van der Waals surface area contributed by atoms with Crippen LogP contribution < -0.4 is 5.73 Å². The van der Waals surface area contributed by atoms with Gasteiger partial charge in [-0.05, 0) is 46.0 Å². The van der Waals surface area contributed by atoms with Crippen LogP contribution in [0.15, 0.2) is 0 Å². The summed E-state index contributed by atoms with van der Waals surface area (Å²) in [6.45, 7) is 9.46. The number of halogens is 2. The minimum Gasteiger partial charge on any atom is -0.444 e. The van der Waals surface area contributed by atoms with Crippen molar-refractivity contribution >= 4 is 6.09 Å². The summed E-state index contributed by atoms with van der Waals surface area (Å²) in [5.74, 6) is -0.388. The fourth-order valence-electron chi connectivity index (χ4n) is 2.72. The molecule has 0 saturated carbocycles. The van der Waals surface area contributed by atoms with Crippen LogP contribution in [0.1, 0.15) is 41.0 Å². The number of hydrogen-bond donors (Lipinski definition) is 1. The maximum atomic E-state index is 13.0. The molecule has 1 rings (SSSR count). The highest BCUT2D eigenvalue weighted by atomic mass is 19.3. The van der Waals surface area contributed by atoms with E-state index >= 15 is 0 Å². The van der Waals surface area contributed by atoms with E-state index in [0.717, 1.165) is 0 Å². The van der Waals surface area contributed by atoms with Crippen LogP contribution >= 0.6 is 0 Å². The second-order valence-corrected chi connectivity index (χ2v) is 6.97. The molecule has 1 aliphatic rings. The summed E-state index contributed by atoms with van der Waals surface area (Å²) >= 11 is 0. The first kappa shape index (κ1) is 17.1. The Hall–Kier alpha value is -0.910. The molecule has 118 valence electrons. The van der Waals surface area contributed by atoms with Gasteiger partial charge in [-0.3, -0.25) is 0 Å². The van der Waals surface area contributed by atoms with Gasteiger partial charge in [0.15, 0.2) is 0 Å². The van der Waals surface area contributed by atoms with Crippen molar-refractivity contribution in [3.63, 3.8) is 0 Å². The number of hydrogen-bond acceptors (Lipinski definition) is 3. The van der Waals surface area contributed by atoms with Crippen LogP contribution in [0, 0.1) is 11.8 Å². The minimum absolute atomic E-state index is 0.0831. The Kier molecular flexibility index (Phi) is 5.00. The molecule has 0 radical (unpaired) electrons. The predicted octanol–water partition coefficient (Wildman–Crippen LogP) is 2.86. The molecule has 1 aliphatic heterocycles. The molecule has 3 unspecified atom stereocenters. The minimum atomic E-state index is -2.57. The third kappa shape index (κ3) is 4.04. The summed E-state index contributed by atoms with van der Waals surface area (Å²) in [5.41, 5.74) is 3.70. The van der Waals surface area contributed by atoms with Crippen LogP contribution in [0.5, 0.6) is 0 Å². The summed E-state index contributed by atoms with van der Waals surface area (Å²) in [7, 11) is 0. The Bertz CT molecular complexity index is 354. The van der Waals surface area contributed by atoms with Gasteiger partial charge in [-0.25, -0.2) is 13.6 Å². The third-order valence-corrected chi connectivity index (χ3v) is 3.83. The Morgan fingerprint density at radius 3 is 2.30 bits per heavy atom. The van der Waals surface area contributed by atoms with Gasteiger partial charge < -0.3 is 15.4 Å². The lowest BCUT2D eigenvalue weighted by molar-refractivity contribution is -0.0254. The largest absolute Gasteiger partial charge is 0.444 e. The van der Waals surface area contributed by atoms with Gasteiger partial charge in [-0.2, -0.15) is 0 Å². The second-order valence-electron chi connectivity index (χ2n) is 6.97. The molecule has 1 heterocycles. The molecular formula is C14H26F2N2O2. The van der Waals surface area contributed by atoms with Gasteiger partial charge in [0.2, 0.25) is 0 Å². The van der Waals surface area contributed by atoms with Gasteiger partial charge in [-0.1, -0.05) is 6.92 Å². The summed E-state index contributed by atoms with van der Waals surface area (Å²) in [4.78, 5) is 13.6. The average molecular weight is 292 g/mol. The van der Waals surface area contributed by atoms with Crippen molar-refractivity contribution in [1.82, 2.24) is 4.90 Å². The highest BCUT2D eigenvalue weighted by molar-refractivity contribution is 5.68. The molecule has 20 heavy (non-hydrogen) atoms. The number of nitrogens with zero attached hydrogens (tertiary/aromatic N) is 1. The van der Waals surface area contributed by atoms with E-state index in [4.69, 9.17) is 10.5 Å². The summed E-state index contributed by atoms with van der Waals surface area (Å²) in [6, 6.07) is 0. The van der Waals surface area contributed by atoms with Crippen molar-refractivity contribution in [2.24, 2.45) is 17.6 Å². The number of nitrogens with two attached hydrogens (primary N) is 1. The van der Waals surface area contributed by atoms with Crippen molar-refractivity contribution in [2.45, 2.75) is 58.6 Å². The molecule has 1 amide bonds. The maximum absolute atomic E-state index is 13.0. The molecule has 3 atom stereocenters. The SMILES string of the molecule is CC1CN(C(=O)OC(C)(C)C)CCC1C(C)(N)C(F)F. The van der Waals surface area contributed by atoms with Gasteiger partial charge in [-0.15, -0.1) is 0 Å². The van der Waals surface area contributed by atoms with E-state index in [9.17, 15) is 13.6 Å². The van der Waals surface area contributed by atoms with Crippen LogP contribution in [0.4, 0.5) is 13.6 Å².